The smallest absolute Gasteiger partial charge is 0.290 e. The number of hydrogen-bond acceptors (Lipinski definition) is 6. The number of phenols is 1. The lowest BCUT2D eigenvalue weighted by atomic mass is 10.2. The van der Waals surface area contributed by atoms with E-state index >= 15 is 0 Å². The van der Waals surface area contributed by atoms with Crippen molar-refractivity contribution < 1.29 is 14.7 Å². The van der Waals surface area contributed by atoms with Crippen LogP contribution in [0.3, 0.4) is 0 Å². The highest BCUT2D eigenvalue weighted by molar-refractivity contribution is 6.33. The molecule has 0 radical (unpaired) electrons. The molecule has 1 heterocycles. The number of hydrogen-bond donors (Lipinski definition) is 3. The van der Waals surface area contributed by atoms with Crippen molar-refractivity contribution in [1.82, 2.24) is 20.8 Å². The standard InChI is InChI=1S/C16H17Cl2N5O3/c1-3-23(4-2)16-19-8-11(18)13(20-16)15(26)22-21-14(25)10-7-9(17)5-6-12(10)24/h5-8,24H,3-4H2,1-2H3,(H,21,25)(H,22,26). The van der Waals surface area contributed by atoms with Crippen molar-refractivity contribution in [1.29, 1.82) is 0 Å². The Morgan fingerprint density at radius 3 is 2.46 bits per heavy atom. The van der Waals surface area contributed by atoms with Crippen LogP contribution >= 0.6 is 23.2 Å². The number of nitrogens with zero attached hydrogens (tertiary/aromatic N) is 3. The monoisotopic (exact) mass is 397 g/mol. The third kappa shape index (κ3) is 4.53. The predicted molar refractivity (Wildman–Crippen MR) is 98.7 cm³/mol. The van der Waals surface area contributed by atoms with Gasteiger partial charge in [-0.05, 0) is 32.0 Å². The number of aromatic nitrogens is 2. The Balaban J connectivity index is 2.13. The second-order valence-electron chi connectivity index (χ2n) is 5.11. The first kappa shape index (κ1) is 19.7. The van der Waals surface area contributed by atoms with E-state index in [0.29, 0.717) is 19.0 Å². The fraction of sp³-hybridized carbons (Fsp3) is 0.250. The highest BCUT2D eigenvalue weighted by atomic mass is 35.5. The summed E-state index contributed by atoms with van der Waals surface area (Å²) in [6.07, 6.45) is 1.32. The van der Waals surface area contributed by atoms with Crippen LogP contribution in [-0.2, 0) is 0 Å². The van der Waals surface area contributed by atoms with E-state index in [-0.39, 0.29) is 27.1 Å². The van der Waals surface area contributed by atoms with Crippen LogP contribution in [0, 0.1) is 0 Å². The third-order valence-electron chi connectivity index (χ3n) is 3.49. The summed E-state index contributed by atoms with van der Waals surface area (Å²) in [6, 6.07) is 3.98. The van der Waals surface area contributed by atoms with Gasteiger partial charge in [-0.25, -0.2) is 9.97 Å². The Labute approximate surface area is 160 Å². The van der Waals surface area contributed by atoms with E-state index in [2.05, 4.69) is 20.8 Å². The fourth-order valence-electron chi connectivity index (χ4n) is 2.11. The van der Waals surface area contributed by atoms with Crippen LogP contribution in [0.5, 0.6) is 5.75 Å². The number of amides is 2. The van der Waals surface area contributed by atoms with E-state index in [0.717, 1.165) is 0 Å². The number of carbonyl (C=O) groups is 2. The number of rotatable bonds is 5. The molecular weight excluding hydrogens is 381 g/mol. The SMILES string of the molecule is CCN(CC)c1ncc(Cl)c(C(=O)NNC(=O)c2cc(Cl)ccc2O)n1. The molecule has 10 heteroatoms. The molecule has 0 spiro atoms. The molecule has 0 bridgehead atoms. The van der Waals surface area contributed by atoms with Gasteiger partial charge in [-0.2, -0.15) is 0 Å². The van der Waals surface area contributed by atoms with Crippen molar-refractivity contribution in [3.8, 4) is 5.75 Å². The number of carbonyl (C=O) groups excluding carboxylic acids is 2. The van der Waals surface area contributed by atoms with E-state index in [4.69, 9.17) is 23.2 Å². The van der Waals surface area contributed by atoms with E-state index in [1.165, 1.54) is 24.4 Å². The van der Waals surface area contributed by atoms with Crippen LogP contribution in [-0.4, -0.2) is 40.0 Å². The van der Waals surface area contributed by atoms with Crippen molar-refractivity contribution in [3.63, 3.8) is 0 Å². The summed E-state index contributed by atoms with van der Waals surface area (Å²) in [4.78, 5) is 34.5. The molecular formula is C16H17Cl2N5O3. The van der Waals surface area contributed by atoms with Gasteiger partial charge >= 0.3 is 0 Å². The molecule has 0 aliphatic heterocycles. The summed E-state index contributed by atoms with van der Waals surface area (Å²) in [5.41, 5.74) is 4.21. The van der Waals surface area contributed by atoms with Crippen LogP contribution in [0.1, 0.15) is 34.7 Å². The van der Waals surface area contributed by atoms with Crippen LogP contribution in [0.2, 0.25) is 10.0 Å². The zero-order valence-corrected chi connectivity index (χ0v) is 15.6. The Morgan fingerprint density at radius 2 is 1.81 bits per heavy atom. The summed E-state index contributed by atoms with van der Waals surface area (Å²) in [5, 5.41) is 10.0. The van der Waals surface area contributed by atoms with Crippen LogP contribution in [0.15, 0.2) is 24.4 Å². The van der Waals surface area contributed by atoms with Gasteiger partial charge in [-0.15, -0.1) is 0 Å². The Hall–Kier alpha value is -2.58. The lowest BCUT2D eigenvalue weighted by Crippen LogP contribution is -2.42. The van der Waals surface area contributed by atoms with Crippen LogP contribution in [0.4, 0.5) is 5.95 Å². The molecule has 0 aliphatic carbocycles. The van der Waals surface area contributed by atoms with Gasteiger partial charge in [0.15, 0.2) is 5.69 Å². The van der Waals surface area contributed by atoms with Crippen molar-refractivity contribution in [2.75, 3.05) is 18.0 Å². The molecule has 1 aromatic carbocycles. The minimum atomic E-state index is -0.743. The first-order valence-electron chi connectivity index (χ1n) is 7.74. The lowest BCUT2D eigenvalue weighted by Gasteiger charge is -2.19. The van der Waals surface area contributed by atoms with E-state index in [1.54, 1.807) is 0 Å². The zero-order chi connectivity index (χ0) is 19.3. The van der Waals surface area contributed by atoms with Gasteiger partial charge in [0.05, 0.1) is 16.8 Å². The van der Waals surface area contributed by atoms with Gasteiger partial charge in [0.2, 0.25) is 5.95 Å². The molecule has 8 nitrogen and oxygen atoms in total. The lowest BCUT2D eigenvalue weighted by molar-refractivity contribution is 0.0842. The maximum Gasteiger partial charge on any atom is 0.290 e. The summed E-state index contributed by atoms with van der Waals surface area (Å²) in [6.45, 7) is 5.17. The highest BCUT2D eigenvalue weighted by Gasteiger charge is 2.18. The van der Waals surface area contributed by atoms with E-state index in [9.17, 15) is 14.7 Å². The summed E-state index contributed by atoms with van der Waals surface area (Å²) < 4.78 is 0. The van der Waals surface area contributed by atoms with Gasteiger partial charge in [-0.1, -0.05) is 23.2 Å². The Kier molecular flexibility index (Phi) is 6.59. The second-order valence-corrected chi connectivity index (χ2v) is 5.95. The maximum absolute atomic E-state index is 12.3. The molecule has 0 atom stereocenters. The Morgan fingerprint density at radius 1 is 1.15 bits per heavy atom. The van der Waals surface area contributed by atoms with Crippen molar-refractivity contribution >= 4 is 41.0 Å². The maximum atomic E-state index is 12.3. The fourth-order valence-corrected chi connectivity index (χ4v) is 2.46. The molecule has 0 saturated carbocycles. The quantitative estimate of drug-likeness (QED) is 0.668. The molecule has 0 unspecified atom stereocenters. The van der Waals surface area contributed by atoms with E-state index < -0.39 is 11.8 Å². The Bertz CT molecular complexity index is 828. The molecule has 1 aromatic heterocycles. The molecule has 0 saturated heterocycles. The first-order valence-corrected chi connectivity index (χ1v) is 8.49. The molecule has 0 aliphatic rings. The van der Waals surface area contributed by atoms with Gasteiger partial charge in [-0.3, -0.25) is 20.4 Å². The van der Waals surface area contributed by atoms with Gasteiger partial charge in [0, 0.05) is 18.1 Å². The largest absolute Gasteiger partial charge is 0.507 e. The number of anilines is 1. The summed E-state index contributed by atoms with van der Waals surface area (Å²) >= 11 is 11.8. The average Bonchev–Trinajstić information content (AvgIpc) is 2.63. The van der Waals surface area contributed by atoms with Crippen LogP contribution < -0.4 is 15.8 Å². The molecule has 2 rings (SSSR count). The molecule has 3 N–H and O–H groups in total. The first-order chi connectivity index (χ1) is 12.4. The zero-order valence-electron chi connectivity index (χ0n) is 14.1. The molecule has 2 amide bonds. The molecule has 138 valence electrons. The van der Waals surface area contributed by atoms with Crippen molar-refractivity contribution in [3.05, 3.63) is 45.7 Å². The summed E-state index contributed by atoms with van der Waals surface area (Å²) in [5.74, 6) is -1.39. The average molecular weight is 398 g/mol. The predicted octanol–water partition coefficient (Wildman–Crippen LogP) is 2.41. The molecule has 2 aromatic rings. The number of halogens is 2. The molecule has 26 heavy (non-hydrogen) atoms. The van der Waals surface area contributed by atoms with Crippen LogP contribution in [0.25, 0.3) is 0 Å². The van der Waals surface area contributed by atoms with Crippen molar-refractivity contribution in [2.24, 2.45) is 0 Å². The van der Waals surface area contributed by atoms with Gasteiger partial charge in [0.1, 0.15) is 5.75 Å². The van der Waals surface area contributed by atoms with Gasteiger partial charge in [0.25, 0.3) is 11.8 Å². The number of benzene rings is 1. The third-order valence-corrected chi connectivity index (χ3v) is 4.00. The topological polar surface area (TPSA) is 107 Å². The number of aromatic hydroxyl groups is 1. The number of phenolic OH excluding ortho intramolecular Hbond substituents is 1. The van der Waals surface area contributed by atoms with E-state index in [1.807, 2.05) is 18.7 Å². The minimum absolute atomic E-state index is 0.0401. The van der Waals surface area contributed by atoms with Crippen molar-refractivity contribution in [2.45, 2.75) is 13.8 Å². The highest BCUT2D eigenvalue weighted by Crippen LogP contribution is 2.21. The minimum Gasteiger partial charge on any atom is -0.507 e. The number of hydrazine groups is 1. The summed E-state index contributed by atoms with van der Waals surface area (Å²) in [7, 11) is 0. The second kappa shape index (κ2) is 8.68. The number of nitrogens with one attached hydrogen (secondary N) is 2. The molecule has 0 fully saturated rings. The normalized spacial score (nSPS) is 10.3. The van der Waals surface area contributed by atoms with Gasteiger partial charge < -0.3 is 10.0 Å².